The highest BCUT2D eigenvalue weighted by Gasteiger charge is 2.41. The van der Waals surface area contributed by atoms with Crippen LogP contribution in [0.5, 0.6) is 5.75 Å². The molecule has 5 nitrogen and oxygen atoms in total. The molecule has 0 fully saturated rings. The number of methoxy groups -OCH3 is 1. The largest absolute Gasteiger partial charge is 0.496 e. The summed E-state index contributed by atoms with van der Waals surface area (Å²) in [6, 6.07) is 16.9. The Morgan fingerprint density at radius 2 is 1.81 bits per heavy atom. The standard InChI is InChI=1S/C25H22ClFN2O3/c1-32-22-10-6-5-9-18(22)25(31)29(23(24(28)30)15-7-3-2-4-8-15)21-12-11-17-19(21)13-16(26)14-20(17)27/h2-10,13-14,21,23H,11-12H2,1H3,(H2,28,30)/t21-,23-/m1/s1. The van der Waals surface area contributed by atoms with Gasteiger partial charge in [0.25, 0.3) is 5.91 Å². The van der Waals surface area contributed by atoms with E-state index in [2.05, 4.69) is 0 Å². The molecule has 0 bridgehead atoms. The molecule has 2 atom stereocenters. The highest BCUT2D eigenvalue weighted by atomic mass is 35.5. The molecule has 0 aliphatic heterocycles. The quantitative estimate of drug-likeness (QED) is 0.581. The summed E-state index contributed by atoms with van der Waals surface area (Å²) < 4.78 is 20.0. The van der Waals surface area contributed by atoms with Crippen molar-refractivity contribution in [1.82, 2.24) is 4.90 Å². The van der Waals surface area contributed by atoms with Gasteiger partial charge in [-0.2, -0.15) is 0 Å². The van der Waals surface area contributed by atoms with E-state index in [1.807, 2.05) is 6.07 Å². The predicted octanol–water partition coefficient (Wildman–Crippen LogP) is 4.84. The summed E-state index contributed by atoms with van der Waals surface area (Å²) in [5, 5.41) is 0.230. The molecule has 3 aromatic carbocycles. The van der Waals surface area contributed by atoms with Crippen LogP contribution in [0.1, 0.15) is 45.6 Å². The molecule has 0 saturated heterocycles. The third-order valence-electron chi connectivity index (χ3n) is 5.79. The van der Waals surface area contributed by atoms with E-state index < -0.39 is 29.7 Å². The number of para-hydroxylation sites is 1. The van der Waals surface area contributed by atoms with E-state index >= 15 is 0 Å². The van der Waals surface area contributed by atoms with Crippen molar-refractivity contribution in [2.24, 2.45) is 5.73 Å². The average molecular weight is 453 g/mol. The lowest BCUT2D eigenvalue weighted by molar-refractivity contribution is -0.123. The first-order valence-electron chi connectivity index (χ1n) is 10.2. The number of rotatable bonds is 6. The number of primary amides is 1. The molecular formula is C25H22ClFN2O3. The average Bonchev–Trinajstić information content (AvgIpc) is 3.20. The molecule has 0 radical (unpaired) electrons. The highest BCUT2D eigenvalue weighted by molar-refractivity contribution is 6.30. The van der Waals surface area contributed by atoms with E-state index in [0.717, 1.165) is 0 Å². The lowest BCUT2D eigenvalue weighted by Crippen LogP contribution is -2.43. The van der Waals surface area contributed by atoms with Crippen LogP contribution in [0.3, 0.4) is 0 Å². The maximum atomic E-state index is 14.6. The van der Waals surface area contributed by atoms with E-state index in [4.69, 9.17) is 22.1 Å². The highest BCUT2D eigenvalue weighted by Crippen LogP contribution is 2.43. The second kappa shape index (κ2) is 9.01. The molecule has 2 amide bonds. The normalized spacial score (nSPS) is 15.7. The molecule has 164 valence electrons. The van der Waals surface area contributed by atoms with Gasteiger partial charge in [0.15, 0.2) is 0 Å². The summed E-state index contributed by atoms with van der Waals surface area (Å²) in [7, 11) is 1.47. The summed E-state index contributed by atoms with van der Waals surface area (Å²) in [4.78, 5) is 28.1. The third-order valence-corrected chi connectivity index (χ3v) is 6.01. The Morgan fingerprint density at radius 1 is 1.12 bits per heavy atom. The Kier molecular flexibility index (Phi) is 6.15. The molecule has 1 aliphatic carbocycles. The summed E-state index contributed by atoms with van der Waals surface area (Å²) in [5.41, 5.74) is 7.77. The van der Waals surface area contributed by atoms with Crippen LogP contribution in [0.2, 0.25) is 5.02 Å². The minimum absolute atomic E-state index is 0.230. The van der Waals surface area contributed by atoms with Gasteiger partial charge in [0.1, 0.15) is 17.6 Å². The number of fused-ring (bicyclic) bond motifs is 1. The Morgan fingerprint density at radius 3 is 2.50 bits per heavy atom. The van der Waals surface area contributed by atoms with Gasteiger partial charge in [-0.05, 0) is 53.8 Å². The number of hydrogen-bond acceptors (Lipinski definition) is 3. The smallest absolute Gasteiger partial charge is 0.259 e. The molecule has 0 aromatic heterocycles. The molecule has 0 unspecified atom stereocenters. The number of halogens is 2. The maximum absolute atomic E-state index is 14.6. The summed E-state index contributed by atoms with van der Waals surface area (Å²) >= 11 is 6.15. The van der Waals surface area contributed by atoms with Gasteiger partial charge >= 0.3 is 0 Å². The van der Waals surface area contributed by atoms with E-state index in [9.17, 15) is 14.0 Å². The molecule has 7 heteroatoms. The van der Waals surface area contributed by atoms with Gasteiger partial charge in [0.05, 0.1) is 18.7 Å². The zero-order valence-corrected chi connectivity index (χ0v) is 18.2. The number of nitrogens with two attached hydrogens (primary N) is 1. The Hall–Kier alpha value is -3.38. The van der Waals surface area contributed by atoms with Gasteiger partial charge in [-0.1, -0.05) is 54.1 Å². The van der Waals surface area contributed by atoms with Crippen molar-refractivity contribution in [3.05, 3.63) is 99.8 Å². The van der Waals surface area contributed by atoms with Gasteiger partial charge in [0.2, 0.25) is 5.91 Å². The lowest BCUT2D eigenvalue weighted by atomic mass is 9.97. The van der Waals surface area contributed by atoms with Crippen LogP contribution in [-0.2, 0) is 11.2 Å². The van der Waals surface area contributed by atoms with Crippen molar-refractivity contribution in [3.8, 4) is 5.75 Å². The van der Waals surface area contributed by atoms with Crippen molar-refractivity contribution in [2.45, 2.75) is 24.9 Å². The van der Waals surface area contributed by atoms with Crippen LogP contribution < -0.4 is 10.5 Å². The van der Waals surface area contributed by atoms with Crippen molar-refractivity contribution >= 4 is 23.4 Å². The van der Waals surface area contributed by atoms with Crippen LogP contribution in [0.25, 0.3) is 0 Å². The molecule has 0 spiro atoms. The molecule has 3 aromatic rings. The van der Waals surface area contributed by atoms with Crippen molar-refractivity contribution in [3.63, 3.8) is 0 Å². The zero-order valence-electron chi connectivity index (χ0n) is 17.4. The fraction of sp³-hybridized carbons (Fsp3) is 0.200. The van der Waals surface area contributed by atoms with Crippen molar-refractivity contribution in [2.75, 3.05) is 7.11 Å². The number of nitrogens with zero attached hydrogens (tertiary/aromatic N) is 1. The first-order valence-corrected chi connectivity index (χ1v) is 10.6. The van der Waals surface area contributed by atoms with Crippen LogP contribution in [0.4, 0.5) is 4.39 Å². The van der Waals surface area contributed by atoms with Gasteiger partial charge < -0.3 is 15.4 Å². The number of hydrogen-bond donors (Lipinski definition) is 1. The summed E-state index contributed by atoms with van der Waals surface area (Å²) in [6.07, 6.45) is 0.850. The van der Waals surface area contributed by atoms with Gasteiger partial charge in [-0.15, -0.1) is 0 Å². The van der Waals surface area contributed by atoms with Gasteiger partial charge in [-0.3, -0.25) is 9.59 Å². The number of ether oxygens (including phenoxy) is 1. The predicted molar refractivity (Wildman–Crippen MR) is 120 cm³/mol. The number of carbonyl (C=O) groups excluding carboxylic acids is 2. The van der Waals surface area contributed by atoms with Gasteiger partial charge in [0, 0.05) is 5.02 Å². The van der Waals surface area contributed by atoms with Crippen LogP contribution in [-0.4, -0.2) is 23.8 Å². The summed E-state index contributed by atoms with van der Waals surface area (Å²) in [6.45, 7) is 0. The molecule has 0 saturated carbocycles. The number of amides is 2. The van der Waals surface area contributed by atoms with E-state index in [1.54, 1.807) is 54.6 Å². The van der Waals surface area contributed by atoms with Crippen LogP contribution >= 0.6 is 11.6 Å². The lowest BCUT2D eigenvalue weighted by Gasteiger charge is -2.36. The van der Waals surface area contributed by atoms with Crippen molar-refractivity contribution < 1.29 is 18.7 Å². The first-order chi connectivity index (χ1) is 15.4. The third kappa shape index (κ3) is 3.94. The van der Waals surface area contributed by atoms with Gasteiger partial charge in [-0.25, -0.2) is 4.39 Å². The fourth-order valence-corrected chi connectivity index (χ4v) is 4.62. The monoisotopic (exact) mass is 452 g/mol. The SMILES string of the molecule is COc1ccccc1C(=O)N([C@@H]1CCc2c(F)cc(Cl)cc21)[C@@H](C(N)=O)c1ccccc1. The molecule has 0 heterocycles. The minimum atomic E-state index is -1.06. The fourth-order valence-electron chi connectivity index (χ4n) is 4.41. The first kappa shape index (κ1) is 21.8. The Balaban J connectivity index is 1.91. The molecular weight excluding hydrogens is 431 g/mol. The topological polar surface area (TPSA) is 72.6 Å². The van der Waals surface area contributed by atoms with E-state index in [-0.39, 0.29) is 10.6 Å². The number of benzene rings is 3. The molecule has 2 N–H and O–H groups in total. The maximum Gasteiger partial charge on any atom is 0.259 e. The minimum Gasteiger partial charge on any atom is -0.496 e. The van der Waals surface area contributed by atoms with E-state index in [0.29, 0.717) is 35.3 Å². The van der Waals surface area contributed by atoms with Crippen LogP contribution in [0.15, 0.2) is 66.7 Å². The Labute approximate surface area is 190 Å². The Bertz CT molecular complexity index is 1170. The molecule has 32 heavy (non-hydrogen) atoms. The van der Waals surface area contributed by atoms with Crippen LogP contribution in [0, 0.1) is 5.82 Å². The van der Waals surface area contributed by atoms with E-state index in [1.165, 1.54) is 18.1 Å². The summed E-state index contributed by atoms with van der Waals surface area (Å²) in [5.74, 6) is -1.17. The van der Waals surface area contributed by atoms with Crippen molar-refractivity contribution in [1.29, 1.82) is 0 Å². The second-order valence-corrected chi connectivity index (χ2v) is 8.07. The number of carbonyl (C=O) groups is 2. The molecule has 1 aliphatic rings. The zero-order chi connectivity index (χ0) is 22.8. The molecule has 4 rings (SSSR count). The second-order valence-electron chi connectivity index (χ2n) is 7.64.